The van der Waals surface area contributed by atoms with Gasteiger partial charge in [-0.2, -0.15) is 5.26 Å². The van der Waals surface area contributed by atoms with Crippen LogP contribution in [0.15, 0.2) is 60.3 Å². The molecule has 0 aromatic heterocycles. The topological polar surface area (TPSA) is 120 Å². The third kappa shape index (κ3) is 5.71. The molecule has 0 aliphatic carbocycles. The highest BCUT2D eigenvalue weighted by atomic mass is 16.5. The smallest absolute Gasteiger partial charge is 0.337 e. The lowest BCUT2D eigenvalue weighted by atomic mass is 10.2. The van der Waals surface area contributed by atoms with E-state index in [2.05, 4.69) is 20.7 Å². The van der Waals surface area contributed by atoms with Gasteiger partial charge in [-0.25, -0.2) is 4.79 Å². The van der Waals surface area contributed by atoms with Crippen molar-refractivity contribution in [1.29, 1.82) is 5.26 Å². The van der Waals surface area contributed by atoms with Gasteiger partial charge in [-0.1, -0.05) is 0 Å². The van der Waals surface area contributed by atoms with Crippen LogP contribution < -0.4 is 16.0 Å². The van der Waals surface area contributed by atoms with E-state index in [4.69, 9.17) is 0 Å². The molecule has 0 saturated heterocycles. The van der Waals surface area contributed by atoms with Gasteiger partial charge in [-0.3, -0.25) is 9.59 Å². The fraction of sp³-hybridized carbons (Fsp3) is 0.100. The van der Waals surface area contributed by atoms with Gasteiger partial charge in [0, 0.05) is 30.2 Å². The Kier molecular flexibility index (Phi) is 6.88. The maximum Gasteiger partial charge on any atom is 0.337 e. The van der Waals surface area contributed by atoms with E-state index >= 15 is 0 Å². The van der Waals surface area contributed by atoms with Crippen molar-refractivity contribution in [3.8, 4) is 6.07 Å². The van der Waals surface area contributed by atoms with Crippen LogP contribution in [0.4, 0.5) is 17.1 Å². The molecule has 2 aromatic carbocycles. The predicted octanol–water partition coefficient (Wildman–Crippen LogP) is 2.89. The van der Waals surface area contributed by atoms with Gasteiger partial charge in [0.25, 0.3) is 5.91 Å². The zero-order valence-electron chi connectivity index (χ0n) is 15.3. The molecule has 8 nitrogen and oxygen atoms in total. The van der Waals surface area contributed by atoms with Crippen LogP contribution >= 0.6 is 0 Å². The van der Waals surface area contributed by atoms with Crippen LogP contribution in [0, 0.1) is 11.3 Å². The molecule has 142 valence electrons. The summed E-state index contributed by atoms with van der Waals surface area (Å²) >= 11 is 0. The summed E-state index contributed by atoms with van der Waals surface area (Å²) < 4.78 is 4.62. The number of carbonyl (C=O) groups excluding carboxylic acids is 3. The van der Waals surface area contributed by atoms with Crippen molar-refractivity contribution >= 4 is 34.8 Å². The molecular formula is C20H18N4O4. The van der Waals surface area contributed by atoms with Gasteiger partial charge in [-0.05, 0) is 48.5 Å². The van der Waals surface area contributed by atoms with Crippen molar-refractivity contribution in [3.05, 3.63) is 65.9 Å². The maximum absolute atomic E-state index is 12.2. The summed E-state index contributed by atoms with van der Waals surface area (Å²) in [4.78, 5) is 34.6. The highest BCUT2D eigenvalue weighted by Gasteiger charge is 2.10. The van der Waals surface area contributed by atoms with Crippen molar-refractivity contribution in [2.45, 2.75) is 6.92 Å². The van der Waals surface area contributed by atoms with Gasteiger partial charge < -0.3 is 20.7 Å². The lowest BCUT2D eigenvalue weighted by molar-refractivity contribution is -0.114. The number of ether oxygens (including phenoxy) is 1. The summed E-state index contributed by atoms with van der Waals surface area (Å²) in [5.74, 6) is -1.24. The average Bonchev–Trinajstić information content (AvgIpc) is 2.69. The lowest BCUT2D eigenvalue weighted by Crippen LogP contribution is -2.14. The number of amides is 2. The molecule has 0 unspecified atom stereocenters. The number of esters is 1. The Morgan fingerprint density at radius 1 is 0.929 bits per heavy atom. The first-order valence-corrected chi connectivity index (χ1v) is 8.17. The van der Waals surface area contributed by atoms with E-state index in [9.17, 15) is 19.6 Å². The van der Waals surface area contributed by atoms with Gasteiger partial charge in [0.15, 0.2) is 0 Å². The Morgan fingerprint density at radius 3 is 1.96 bits per heavy atom. The SMILES string of the molecule is COC(=O)c1ccc(N/C=C(/C#N)C(=O)Nc2ccc(NC(C)=O)cc2)cc1. The number of rotatable bonds is 6. The number of nitrogens with one attached hydrogen (secondary N) is 3. The number of carbonyl (C=O) groups is 3. The Bertz CT molecular complexity index is 942. The molecule has 0 heterocycles. The molecule has 3 N–H and O–H groups in total. The number of hydrogen-bond donors (Lipinski definition) is 3. The molecule has 8 heteroatoms. The second kappa shape index (κ2) is 9.54. The van der Waals surface area contributed by atoms with Crippen molar-refractivity contribution in [2.24, 2.45) is 0 Å². The van der Waals surface area contributed by atoms with Crippen LogP contribution in [-0.4, -0.2) is 24.9 Å². The van der Waals surface area contributed by atoms with Crippen molar-refractivity contribution in [1.82, 2.24) is 0 Å². The summed E-state index contributed by atoms with van der Waals surface area (Å²) in [5.41, 5.74) is 1.91. The minimum absolute atomic E-state index is 0.136. The molecule has 28 heavy (non-hydrogen) atoms. The Labute approximate surface area is 161 Å². The molecule has 0 saturated carbocycles. The van der Waals surface area contributed by atoms with Gasteiger partial charge in [0.05, 0.1) is 12.7 Å². The minimum atomic E-state index is -0.589. The molecule has 0 radical (unpaired) electrons. The van der Waals surface area contributed by atoms with Gasteiger partial charge in [0.1, 0.15) is 11.6 Å². The maximum atomic E-state index is 12.2. The first-order valence-electron chi connectivity index (χ1n) is 8.17. The van der Waals surface area contributed by atoms with Crippen molar-refractivity contribution in [3.63, 3.8) is 0 Å². The van der Waals surface area contributed by atoms with E-state index in [1.165, 1.54) is 20.2 Å². The minimum Gasteiger partial charge on any atom is -0.465 e. The number of methoxy groups -OCH3 is 1. The van der Waals surface area contributed by atoms with Gasteiger partial charge in [-0.15, -0.1) is 0 Å². The molecule has 2 aromatic rings. The average molecular weight is 378 g/mol. The second-order valence-corrected chi connectivity index (χ2v) is 5.60. The zero-order chi connectivity index (χ0) is 20.5. The van der Waals surface area contributed by atoms with Crippen LogP contribution in [0.5, 0.6) is 0 Å². The van der Waals surface area contributed by atoms with E-state index in [1.807, 2.05) is 6.07 Å². The first kappa shape index (κ1) is 20.2. The standard InChI is InChI=1S/C20H18N4O4/c1-13(25)23-17-7-9-18(10-8-17)24-19(26)15(11-21)12-22-16-5-3-14(4-6-16)20(27)28-2/h3-10,12,22H,1-2H3,(H,23,25)(H,24,26)/b15-12-. The zero-order valence-corrected chi connectivity index (χ0v) is 15.3. The third-order valence-corrected chi connectivity index (χ3v) is 3.52. The Hall–Kier alpha value is -4.12. The van der Waals surface area contributed by atoms with E-state index in [-0.39, 0.29) is 11.5 Å². The number of nitriles is 1. The molecule has 0 spiro atoms. The molecule has 0 aliphatic heterocycles. The predicted molar refractivity (Wildman–Crippen MR) is 104 cm³/mol. The molecular weight excluding hydrogens is 360 g/mol. The first-order chi connectivity index (χ1) is 13.4. The summed E-state index contributed by atoms with van der Waals surface area (Å²) in [5, 5.41) is 17.3. The normalized spacial score (nSPS) is 10.4. The van der Waals surface area contributed by atoms with Gasteiger partial charge >= 0.3 is 5.97 Å². The largest absolute Gasteiger partial charge is 0.465 e. The van der Waals surface area contributed by atoms with E-state index < -0.39 is 11.9 Å². The number of nitrogens with zero attached hydrogens (tertiary/aromatic N) is 1. The van der Waals surface area contributed by atoms with Crippen molar-refractivity contribution < 1.29 is 19.1 Å². The van der Waals surface area contributed by atoms with E-state index in [0.717, 1.165) is 0 Å². The Balaban J connectivity index is 2.01. The summed E-state index contributed by atoms with van der Waals surface area (Å²) in [6.07, 6.45) is 1.27. The van der Waals surface area contributed by atoms with Crippen LogP contribution in [0.1, 0.15) is 17.3 Å². The summed E-state index contributed by atoms with van der Waals surface area (Å²) in [6, 6.07) is 14.7. The number of hydrogen-bond acceptors (Lipinski definition) is 6. The molecule has 0 aliphatic rings. The van der Waals surface area contributed by atoms with Crippen LogP contribution in [-0.2, 0) is 14.3 Å². The molecule has 2 rings (SSSR count). The fourth-order valence-electron chi connectivity index (χ4n) is 2.16. The third-order valence-electron chi connectivity index (χ3n) is 3.52. The van der Waals surface area contributed by atoms with Gasteiger partial charge in [0.2, 0.25) is 5.91 Å². The Morgan fingerprint density at radius 2 is 1.46 bits per heavy atom. The number of benzene rings is 2. The molecule has 0 fully saturated rings. The molecule has 2 amide bonds. The molecule has 0 bridgehead atoms. The summed E-state index contributed by atoms with van der Waals surface area (Å²) in [6.45, 7) is 1.40. The van der Waals surface area contributed by atoms with Crippen LogP contribution in [0.2, 0.25) is 0 Å². The summed E-state index contributed by atoms with van der Waals surface area (Å²) in [7, 11) is 1.29. The van der Waals surface area contributed by atoms with E-state index in [0.29, 0.717) is 22.6 Å². The molecule has 0 atom stereocenters. The second-order valence-electron chi connectivity index (χ2n) is 5.60. The lowest BCUT2D eigenvalue weighted by Gasteiger charge is -2.07. The fourth-order valence-corrected chi connectivity index (χ4v) is 2.16. The monoisotopic (exact) mass is 378 g/mol. The highest BCUT2D eigenvalue weighted by molar-refractivity contribution is 6.06. The quantitative estimate of drug-likeness (QED) is 0.404. The highest BCUT2D eigenvalue weighted by Crippen LogP contribution is 2.15. The van der Waals surface area contributed by atoms with E-state index in [1.54, 1.807) is 48.5 Å². The van der Waals surface area contributed by atoms with Crippen molar-refractivity contribution in [2.75, 3.05) is 23.1 Å². The number of anilines is 3. The van der Waals surface area contributed by atoms with Crippen LogP contribution in [0.25, 0.3) is 0 Å². The van der Waals surface area contributed by atoms with Crippen LogP contribution in [0.3, 0.4) is 0 Å².